The van der Waals surface area contributed by atoms with E-state index in [4.69, 9.17) is 16.3 Å². The monoisotopic (exact) mass is 459 g/mol. The van der Waals surface area contributed by atoms with Crippen molar-refractivity contribution in [3.63, 3.8) is 0 Å². The van der Waals surface area contributed by atoms with Gasteiger partial charge in [-0.05, 0) is 30.2 Å². The molecule has 0 aliphatic carbocycles. The van der Waals surface area contributed by atoms with E-state index in [9.17, 15) is 0 Å². The number of rotatable bonds is 5. The second-order valence-corrected chi connectivity index (χ2v) is 5.60. The number of halogens is 2. The van der Waals surface area contributed by atoms with Gasteiger partial charge in [-0.25, -0.2) is 0 Å². The highest BCUT2D eigenvalue weighted by Crippen LogP contribution is 2.22. The molecule has 0 radical (unpaired) electrons. The molecule has 0 saturated carbocycles. The van der Waals surface area contributed by atoms with Gasteiger partial charge in [-0.3, -0.25) is 4.99 Å². The Hall–Kier alpha value is -1.47. The van der Waals surface area contributed by atoms with Crippen LogP contribution in [0, 0.1) is 6.92 Å². The maximum absolute atomic E-state index is 5.98. The molecule has 0 aliphatic heterocycles. The van der Waals surface area contributed by atoms with Crippen LogP contribution in [0.5, 0.6) is 5.75 Å². The normalized spacial score (nSPS) is 10.8. The third-order valence-corrected chi connectivity index (χ3v) is 3.86. The molecule has 4 nitrogen and oxygen atoms in total. The summed E-state index contributed by atoms with van der Waals surface area (Å²) in [4.78, 5) is 4.25. The summed E-state index contributed by atoms with van der Waals surface area (Å²) < 4.78 is 5.35. The quantitative estimate of drug-likeness (QED) is 0.401. The molecule has 2 rings (SSSR count). The lowest BCUT2D eigenvalue weighted by Crippen LogP contribution is -2.36. The van der Waals surface area contributed by atoms with Crippen LogP contribution in [0.25, 0.3) is 0 Å². The first kappa shape index (κ1) is 20.6. The van der Waals surface area contributed by atoms with Gasteiger partial charge in [0.05, 0.1) is 7.11 Å². The second-order valence-electron chi connectivity index (χ2n) is 5.16. The number of benzene rings is 2. The van der Waals surface area contributed by atoms with Gasteiger partial charge in [-0.15, -0.1) is 24.0 Å². The number of ether oxygens (including phenoxy) is 1. The average molecular weight is 460 g/mol. The molecule has 0 amide bonds. The summed E-state index contributed by atoms with van der Waals surface area (Å²) in [6.45, 7) is 3.43. The SMILES string of the molecule is CN=C(NCc1ccccc1C)NCc1ccc(Cl)cc1OC.I. The van der Waals surface area contributed by atoms with E-state index in [1.807, 2.05) is 30.3 Å². The molecule has 0 saturated heterocycles. The van der Waals surface area contributed by atoms with E-state index in [-0.39, 0.29) is 24.0 Å². The topological polar surface area (TPSA) is 45.7 Å². The summed E-state index contributed by atoms with van der Waals surface area (Å²) in [6.07, 6.45) is 0. The Balaban J connectivity index is 0.00000288. The summed E-state index contributed by atoms with van der Waals surface area (Å²) >= 11 is 5.98. The van der Waals surface area contributed by atoms with Gasteiger partial charge in [0.1, 0.15) is 5.75 Å². The van der Waals surface area contributed by atoms with E-state index >= 15 is 0 Å². The van der Waals surface area contributed by atoms with E-state index in [0.29, 0.717) is 11.6 Å². The third-order valence-electron chi connectivity index (χ3n) is 3.63. The molecule has 0 bridgehead atoms. The summed E-state index contributed by atoms with van der Waals surface area (Å²) in [6, 6.07) is 13.9. The van der Waals surface area contributed by atoms with Crippen molar-refractivity contribution in [3.8, 4) is 5.75 Å². The Morgan fingerprint density at radius 1 is 1.08 bits per heavy atom. The highest BCUT2D eigenvalue weighted by atomic mass is 127. The highest BCUT2D eigenvalue weighted by molar-refractivity contribution is 14.0. The average Bonchev–Trinajstić information content (AvgIpc) is 2.57. The van der Waals surface area contributed by atoms with Crippen molar-refractivity contribution in [2.45, 2.75) is 20.0 Å². The lowest BCUT2D eigenvalue weighted by molar-refractivity contribution is 0.409. The molecule has 0 heterocycles. The minimum atomic E-state index is 0. The second kappa shape index (κ2) is 10.4. The minimum Gasteiger partial charge on any atom is -0.496 e. The van der Waals surface area contributed by atoms with Crippen LogP contribution in [-0.4, -0.2) is 20.1 Å². The van der Waals surface area contributed by atoms with Crippen molar-refractivity contribution in [2.75, 3.05) is 14.2 Å². The van der Waals surface area contributed by atoms with Crippen LogP contribution in [0.2, 0.25) is 5.02 Å². The largest absolute Gasteiger partial charge is 0.496 e. The van der Waals surface area contributed by atoms with Gasteiger partial charge in [0.2, 0.25) is 0 Å². The third kappa shape index (κ3) is 5.87. The number of aliphatic imine (C=N–C) groups is 1. The van der Waals surface area contributed by atoms with Gasteiger partial charge >= 0.3 is 0 Å². The van der Waals surface area contributed by atoms with Gasteiger partial charge in [0.25, 0.3) is 0 Å². The molecule has 130 valence electrons. The molecular weight excluding hydrogens is 437 g/mol. The van der Waals surface area contributed by atoms with Crippen LogP contribution >= 0.6 is 35.6 Å². The summed E-state index contributed by atoms with van der Waals surface area (Å²) in [7, 11) is 3.40. The van der Waals surface area contributed by atoms with Crippen molar-refractivity contribution in [3.05, 3.63) is 64.2 Å². The Morgan fingerprint density at radius 2 is 1.75 bits per heavy atom. The Kier molecular flexibility index (Phi) is 8.92. The fourth-order valence-corrected chi connectivity index (χ4v) is 2.41. The van der Waals surface area contributed by atoms with E-state index in [1.165, 1.54) is 11.1 Å². The summed E-state index contributed by atoms with van der Waals surface area (Å²) in [5.41, 5.74) is 3.53. The Bertz CT molecular complexity index is 692. The number of methoxy groups -OCH3 is 1. The van der Waals surface area contributed by atoms with Gasteiger partial charge in [0, 0.05) is 30.7 Å². The first-order chi connectivity index (χ1) is 11.1. The molecule has 24 heavy (non-hydrogen) atoms. The zero-order valence-electron chi connectivity index (χ0n) is 14.1. The molecule has 6 heteroatoms. The predicted molar refractivity (Wildman–Crippen MR) is 112 cm³/mol. The van der Waals surface area contributed by atoms with Crippen molar-refractivity contribution >= 4 is 41.5 Å². The molecule has 0 fully saturated rings. The smallest absolute Gasteiger partial charge is 0.191 e. The maximum Gasteiger partial charge on any atom is 0.191 e. The summed E-state index contributed by atoms with van der Waals surface area (Å²) in [5.74, 6) is 1.50. The summed E-state index contributed by atoms with van der Waals surface area (Å²) in [5, 5.41) is 7.26. The van der Waals surface area contributed by atoms with Gasteiger partial charge in [-0.1, -0.05) is 41.9 Å². The van der Waals surface area contributed by atoms with Crippen molar-refractivity contribution < 1.29 is 4.74 Å². The number of guanidine groups is 1. The van der Waals surface area contributed by atoms with Gasteiger partial charge < -0.3 is 15.4 Å². The molecule has 0 aliphatic rings. The van der Waals surface area contributed by atoms with E-state index in [0.717, 1.165) is 23.8 Å². The minimum absolute atomic E-state index is 0. The number of hydrogen-bond acceptors (Lipinski definition) is 2. The Morgan fingerprint density at radius 3 is 2.38 bits per heavy atom. The zero-order chi connectivity index (χ0) is 16.7. The molecule has 2 N–H and O–H groups in total. The first-order valence-corrected chi connectivity index (χ1v) is 7.83. The first-order valence-electron chi connectivity index (χ1n) is 7.45. The fraction of sp³-hybridized carbons (Fsp3) is 0.278. The fourth-order valence-electron chi connectivity index (χ4n) is 2.25. The number of nitrogens with one attached hydrogen (secondary N) is 2. The lowest BCUT2D eigenvalue weighted by atomic mass is 10.1. The Labute approximate surface area is 165 Å². The lowest BCUT2D eigenvalue weighted by Gasteiger charge is -2.14. The van der Waals surface area contributed by atoms with Crippen molar-refractivity contribution in [1.82, 2.24) is 10.6 Å². The van der Waals surface area contributed by atoms with Crippen LogP contribution in [0.3, 0.4) is 0 Å². The molecular formula is C18H23ClIN3O. The number of aryl methyl sites for hydroxylation is 1. The standard InChI is InChI=1S/C18H22ClN3O.HI/c1-13-6-4-5-7-14(13)11-21-18(20-2)22-12-15-8-9-16(19)10-17(15)23-3;/h4-10H,11-12H2,1-3H3,(H2,20,21,22);1H. The molecule has 2 aromatic rings. The number of nitrogens with zero attached hydrogens (tertiary/aromatic N) is 1. The van der Waals surface area contributed by atoms with Gasteiger partial charge in [-0.2, -0.15) is 0 Å². The number of hydrogen-bond donors (Lipinski definition) is 2. The van der Waals surface area contributed by atoms with E-state index < -0.39 is 0 Å². The van der Waals surface area contributed by atoms with Crippen molar-refractivity contribution in [1.29, 1.82) is 0 Å². The molecule has 0 unspecified atom stereocenters. The molecule has 0 aromatic heterocycles. The molecule has 2 aromatic carbocycles. The van der Waals surface area contributed by atoms with E-state index in [2.05, 4.69) is 34.7 Å². The maximum atomic E-state index is 5.98. The predicted octanol–water partition coefficient (Wildman–Crippen LogP) is 4.14. The van der Waals surface area contributed by atoms with Crippen LogP contribution < -0.4 is 15.4 Å². The molecule has 0 atom stereocenters. The van der Waals surface area contributed by atoms with Crippen molar-refractivity contribution in [2.24, 2.45) is 4.99 Å². The van der Waals surface area contributed by atoms with Crippen LogP contribution in [-0.2, 0) is 13.1 Å². The molecule has 0 spiro atoms. The van der Waals surface area contributed by atoms with Crippen LogP contribution in [0.15, 0.2) is 47.5 Å². The highest BCUT2D eigenvalue weighted by Gasteiger charge is 2.05. The van der Waals surface area contributed by atoms with Crippen LogP contribution in [0.4, 0.5) is 0 Å². The van der Waals surface area contributed by atoms with Crippen LogP contribution in [0.1, 0.15) is 16.7 Å². The van der Waals surface area contributed by atoms with Gasteiger partial charge in [0.15, 0.2) is 5.96 Å². The van der Waals surface area contributed by atoms with E-state index in [1.54, 1.807) is 14.2 Å². The zero-order valence-corrected chi connectivity index (χ0v) is 17.2.